The van der Waals surface area contributed by atoms with Crippen LogP contribution in [-0.4, -0.2) is 0 Å². The number of rotatable bonds is 6. The van der Waals surface area contributed by atoms with Crippen LogP contribution < -0.4 is 4.90 Å². The molecule has 2 aromatic carbocycles. The molecule has 0 aromatic heterocycles. The average Bonchev–Trinajstić information content (AvgIpc) is 3.14. The standard InChI is InChI=1S/C31H33N/c1-2-6-12-25(11-5-1)23-26-17-20-31(24-26)32(29-15-9-4-10-16-29)30-21-18-28(19-22-30)27-13-7-3-8-14-27/h3-5,7-9,11-15,18-22,26H,1-2,6,10,16-17,23-24H2. The largest absolute Gasteiger partial charge is 0.318 e. The van der Waals surface area contributed by atoms with Crippen LogP contribution >= 0.6 is 0 Å². The summed E-state index contributed by atoms with van der Waals surface area (Å²) in [4.78, 5) is 2.54. The summed E-state index contributed by atoms with van der Waals surface area (Å²) in [5.74, 6) is 0.713. The smallest absolute Gasteiger partial charge is 0.0455 e. The average molecular weight is 420 g/mol. The summed E-state index contributed by atoms with van der Waals surface area (Å²) < 4.78 is 0. The van der Waals surface area contributed by atoms with E-state index < -0.39 is 0 Å². The Hall–Kier alpha value is -3.06. The first kappa shape index (κ1) is 20.8. The van der Waals surface area contributed by atoms with Crippen LogP contribution in [0.1, 0.15) is 51.4 Å². The number of hydrogen-bond acceptors (Lipinski definition) is 1. The molecule has 1 unspecified atom stereocenters. The Balaban J connectivity index is 1.37. The number of benzene rings is 2. The van der Waals surface area contributed by atoms with E-state index in [1.54, 1.807) is 5.57 Å². The van der Waals surface area contributed by atoms with Crippen LogP contribution in [0.3, 0.4) is 0 Å². The van der Waals surface area contributed by atoms with Crippen LogP contribution in [0.25, 0.3) is 11.1 Å². The van der Waals surface area contributed by atoms with E-state index >= 15 is 0 Å². The van der Waals surface area contributed by atoms with Gasteiger partial charge in [0.25, 0.3) is 0 Å². The van der Waals surface area contributed by atoms with E-state index in [1.165, 1.54) is 60.3 Å². The van der Waals surface area contributed by atoms with Gasteiger partial charge in [0.2, 0.25) is 0 Å². The highest BCUT2D eigenvalue weighted by atomic mass is 15.2. The molecule has 0 saturated heterocycles. The SMILES string of the molecule is C1=CCCC(N(C2=CCC(CC3=CCCCC=C3)C2)c2ccc(-c3ccccc3)cc2)=C1. The van der Waals surface area contributed by atoms with Crippen molar-refractivity contribution in [2.45, 2.75) is 51.4 Å². The lowest BCUT2D eigenvalue weighted by Crippen LogP contribution is -2.22. The van der Waals surface area contributed by atoms with Gasteiger partial charge in [0.05, 0.1) is 0 Å². The fraction of sp³-hybridized carbons (Fsp3) is 0.290. The molecule has 0 saturated carbocycles. The van der Waals surface area contributed by atoms with Gasteiger partial charge in [0, 0.05) is 17.1 Å². The molecule has 0 radical (unpaired) electrons. The van der Waals surface area contributed by atoms with Crippen molar-refractivity contribution >= 4 is 5.69 Å². The molecule has 1 heteroatoms. The maximum Gasteiger partial charge on any atom is 0.0455 e. The van der Waals surface area contributed by atoms with Crippen LogP contribution in [-0.2, 0) is 0 Å². The summed E-state index contributed by atoms with van der Waals surface area (Å²) in [6.07, 6.45) is 26.0. The van der Waals surface area contributed by atoms with E-state index in [-0.39, 0.29) is 0 Å². The quantitative estimate of drug-likeness (QED) is 0.452. The van der Waals surface area contributed by atoms with Gasteiger partial charge in [0.15, 0.2) is 0 Å². The van der Waals surface area contributed by atoms with Crippen molar-refractivity contribution in [1.82, 2.24) is 0 Å². The van der Waals surface area contributed by atoms with Crippen molar-refractivity contribution in [3.63, 3.8) is 0 Å². The molecule has 0 aliphatic heterocycles. The third-order valence-electron chi connectivity index (χ3n) is 6.82. The van der Waals surface area contributed by atoms with Crippen LogP contribution in [0.2, 0.25) is 0 Å². The number of hydrogen-bond donors (Lipinski definition) is 0. The van der Waals surface area contributed by atoms with Gasteiger partial charge in [-0.25, -0.2) is 0 Å². The van der Waals surface area contributed by atoms with Crippen LogP contribution in [0, 0.1) is 5.92 Å². The highest BCUT2D eigenvalue weighted by Gasteiger charge is 2.25. The third kappa shape index (κ3) is 4.88. The molecule has 0 heterocycles. The molecule has 5 rings (SSSR count). The summed E-state index contributed by atoms with van der Waals surface area (Å²) in [7, 11) is 0. The number of allylic oxidation sites excluding steroid dienone is 10. The molecule has 0 spiro atoms. The molecular formula is C31H33N. The fourth-order valence-electron chi connectivity index (χ4n) is 5.14. The lowest BCUT2D eigenvalue weighted by atomic mass is 9.95. The molecule has 0 N–H and O–H groups in total. The van der Waals surface area contributed by atoms with Gasteiger partial charge in [-0.1, -0.05) is 84.5 Å². The summed E-state index contributed by atoms with van der Waals surface area (Å²) in [5, 5.41) is 0. The molecule has 162 valence electrons. The van der Waals surface area contributed by atoms with Crippen molar-refractivity contribution in [1.29, 1.82) is 0 Å². The first-order valence-corrected chi connectivity index (χ1v) is 12.2. The van der Waals surface area contributed by atoms with Gasteiger partial charge in [-0.3, -0.25) is 0 Å². The second kappa shape index (κ2) is 10.0. The minimum atomic E-state index is 0.713. The second-order valence-electron chi connectivity index (χ2n) is 9.19. The Morgan fingerprint density at radius 1 is 0.781 bits per heavy atom. The molecule has 3 aliphatic carbocycles. The lowest BCUT2D eigenvalue weighted by molar-refractivity contribution is 0.557. The molecule has 1 nitrogen and oxygen atoms in total. The summed E-state index contributed by atoms with van der Waals surface area (Å²) in [6.45, 7) is 0. The fourth-order valence-corrected chi connectivity index (χ4v) is 5.14. The zero-order valence-corrected chi connectivity index (χ0v) is 18.9. The van der Waals surface area contributed by atoms with E-state index in [1.807, 2.05) is 0 Å². The third-order valence-corrected chi connectivity index (χ3v) is 6.82. The first-order valence-electron chi connectivity index (χ1n) is 12.2. The van der Waals surface area contributed by atoms with E-state index in [4.69, 9.17) is 0 Å². The minimum absolute atomic E-state index is 0.713. The summed E-state index contributed by atoms with van der Waals surface area (Å²) >= 11 is 0. The monoisotopic (exact) mass is 419 g/mol. The van der Waals surface area contributed by atoms with Crippen LogP contribution in [0.4, 0.5) is 5.69 Å². The minimum Gasteiger partial charge on any atom is -0.318 e. The highest BCUT2D eigenvalue weighted by Crippen LogP contribution is 2.39. The molecule has 32 heavy (non-hydrogen) atoms. The summed E-state index contributed by atoms with van der Waals surface area (Å²) in [5.41, 5.74) is 8.27. The Bertz CT molecular complexity index is 1060. The predicted molar refractivity (Wildman–Crippen MR) is 137 cm³/mol. The van der Waals surface area contributed by atoms with Crippen molar-refractivity contribution in [2.24, 2.45) is 5.92 Å². The summed E-state index contributed by atoms with van der Waals surface area (Å²) in [6, 6.07) is 19.8. The van der Waals surface area contributed by atoms with Gasteiger partial charge in [-0.15, -0.1) is 0 Å². The maximum atomic E-state index is 2.54. The van der Waals surface area contributed by atoms with Crippen molar-refractivity contribution in [2.75, 3.05) is 4.90 Å². The Kier molecular flexibility index (Phi) is 6.53. The molecular weight excluding hydrogens is 386 g/mol. The van der Waals surface area contributed by atoms with E-state index in [9.17, 15) is 0 Å². The van der Waals surface area contributed by atoms with Crippen molar-refractivity contribution in [3.05, 3.63) is 114 Å². The maximum absolute atomic E-state index is 2.54. The first-order chi connectivity index (χ1) is 15.9. The Morgan fingerprint density at radius 3 is 2.44 bits per heavy atom. The second-order valence-corrected chi connectivity index (χ2v) is 9.19. The topological polar surface area (TPSA) is 3.24 Å². The van der Waals surface area contributed by atoms with Gasteiger partial charge < -0.3 is 4.90 Å². The highest BCUT2D eigenvalue weighted by molar-refractivity contribution is 5.68. The molecule has 0 amide bonds. The Labute approximate surface area is 193 Å². The van der Waals surface area contributed by atoms with Crippen molar-refractivity contribution < 1.29 is 0 Å². The number of anilines is 1. The van der Waals surface area contributed by atoms with Gasteiger partial charge in [-0.05, 0) is 86.6 Å². The normalized spacial score (nSPS) is 20.4. The number of nitrogens with zero attached hydrogens (tertiary/aromatic N) is 1. The van der Waals surface area contributed by atoms with Crippen LogP contribution in [0.15, 0.2) is 114 Å². The Morgan fingerprint density at radius 2 is 1.62 bits per heavy atom. The van der Waals surface area contributed by atoms with E-state index in [0.717, 1.165) is 19.3 Å². The molecule has 0 fully saturated rings. The van der Waals surface area contributed by atoms with Gasteiger partial charge >= 0.3 is 0 Å². The zero-order valence-electron chi connectivity index (χ0n) is 18.9. The van der Waals surface area contributed by atoms with E-state index in [2.05, 4.69) is 102 Å². The van der Waals surface area contributed by atoms with Crippen molar-refractivity contribution in [3.8, 4) is 11.1 Å². The van der Waals surface area contributed by atoms with Gasteiger partial charge in [0.1, 0.15) is 0 Å². The predicted octanol–water partition coefficient (Wildman–Crippen LogP) is 8.74. The molecule has 3 aliphatic rings. The van der Waals surface area contributed by atoms with Crippen LogP contribution in [0.5, 0.6) is 0 Å². The lowest BCUT2D eigenvalue weighted by Gasteiger charge is -2.30. The zero-order chi connectivity index (χ0) is 21.6. The van der Waals surface area contributed by atoms with E-state index in [0.29, 0.717) is 5.92 Å². The molecule has 2 aromatic rings. The molecule has 0 bridgehead atoms. The van der Waals surface area contributed by atoms with Gasteiger partial charge in [-0.2, -0.15) is 0 Å². The molecule has 1 atom stereocenters.